The van der Waals surface area contributed by atoms with Crippen LogP contribution < -0.4 is 10.6 Å². The first-order chi connectivity index (χ1) is 8.46. The highest BCUT2D eigenvalue weighted by atomic mass is 16.5. The summed E-state index contributed by atoms with van der Waals surface area (Å²) in [6.45, 7) is 5.33. The third-order valence-corrected chi connectivity index (χ3v) is 3.84. The first kappa shape index (κ1) is 13.3. The number of ether oxygens (including phenoxy) is 1. The molecule has 6 nitrogen and oxygen atoms in total. The Balaban J connectivity index is 2.06. The second-order valence-electron chi connectivity index (χ2n) is 5.36. The molecule has 0 aromatic heterocycles. The maximum atomic E-state index is 12.5. The van der Waals surface area contributed by atoms with Crippen molar-refractivity contribution in [3.8, 4) is 0 Å². The molecule has 2 fully saturated rings. The van der Waals surface area contributed by atoms with Gasteiger partial charge in [-0.25, -0.2) is 0 Å². The SMILES string of the molecule is COC1CNC(C(=O)N2CCNC(=O)C2(C)C)C1. The molecule has 2 atom stereocenters. The monoisotopic (exact) mass is 255 g/mol. The molecular weight excluding hydrogens is 234 g/mol. The van der Waals surface area contributed by atoms with Crippen molar-refractivity contribution in [3.05, 3.63) is 0 Å². The number of methoxy groups -OCH3 is 1. The number of nitrogens with zero attached hydrogens (tertiary/aromatic N) is 1. The van der Waals surface area contributed by atoms with Gasteiger partial charge in [-0.15, -0.1) is 0 Å². The highest BCUT2D eigenvalue weighted by molar-refractivity contribution is 5.93. The zero-order chi connectivity index (χ0) is 13.3. The van der Waals surface area contributed by atoms with Crippen molar-refractivity contribution in [2.45, 2.75) is 38.0 Å². The van der Waals surface area contributed by atoms with Gasteiger partial charge in [-0.3, -0.25) is 9.59 Å². The number of carbonyl (C=O) groups excluding carboxylic acids is 2. The molecule has 0 aliphatic carbocycles. The van der Waals surface area contributed by atoms with Crippen molar-refractivity contribution in [2.75, 3.05) is 26.7 Å². The quantitative estimate of drug-likeness (QED) is 0.671. The molecule has 2 heterocycles. The molecule has 2 saturated heterocycles. The average Bonchev–Trinajstić information content (AvgIpc) is 2.80. The van der Waals surface area contributed by atoms with Crippen LogP contribution in [0.1, 0.15) is 20.3 Å². The lowest BCUT2D eigenvalue weighted by Gasteiger charge is -2.42. The first-order valence-corrected chi connectivity index (χ1v) is 6.32. The van der Waals surface area contributed by atoms with Gasteiger partial charge in [0.2, 0.25) is 11.8 Å². The van der Waals surface area contributed by atoms with Crippen LogP contribution in [-0.4, -0.2) is 61.1 Å². The molecule has 2 aliphatic heterocycles. The molecule has 0 bridgehead atoms. The van der Waals surface area contributed by atoms with Crippen LogP contribution in [0.5, 0.6) is 0 Å². The van der Waals surface area contributed by atoms with E-state index in [-0.39, 0.29) is 24.0 Å². The normalized spacial score (nSPS) is 31.3. The van der Waals surface area contributed by atoms with Crippen LogP contribution in [0.15, 0.2) is 0 Å². The van der Waals surface area contributed by atoms with Crippen molar-refractivity contribution in [3.63, 3.8) is 0 Å². The van der Waals surface area contributed by atoms with E-state index in [9.17, 15) is 9.59 Å². The number of nitrogens with one attached hydrogen (secondary N) is 2. The van der Waals surface area contributed by atoms with Crippen LogP contribution >= 0.6 is 0 Å². The number of amides is 2. The molecule has 2 rings (SSSR count). The van der Waals surface area contributed by atoms with Crippen molar-refractivity contribution < 1.29 is 14.3 Å². The maximum absolute atomic E-state index is 12.5. The lowest BCUT2D eigenvalue weighted by atomic mass is 9.97. The van der Waals surface area contributed by atoms with Crippen LogP contribution in [0.4, 0.5) is 0 Å². The summed E-state index contributed by atoms with van der Waals surface area (Å²) >= 11 is 0. The van der Waals surface area contributed by atoms with Gasteiger partial charge in [0.15, 0.2) is 0 Å². The van der Waals surface area contributed by atoms with Crippen molar-refractivity contribution >= 4 is 11.8 Å². The summed E-state index contributed by atoms with van der Waals surface area (Å²) in [7, 11) is 1.65. The fourth-order valence-electron chi connectivity index (χ4n) is 2.54. The van der Waals surface area contributed by atoms with Crippen LogP contribution in [0.2, 0.25) is 0 Å². The van der Waals surface area contributed by atoms with E-state index in [1.54, 1.807) is 25.9 Å². The Labute approximate surface area is 107 Å². The third-order valence-electron chi connectivity index (χ3n) is 3.84. The number of piperazine rings is 1. The summed E-state index contributed by atoms with van der Waals surface area (Å²) in [5, 5.41) is 5.95. The number of carbonyl (C=O) groups is 2. The Morgan fingerprint density at radius 3 is 2.83 bits per heavy atom. The molecule has 2 N–H and O–H groups in total. The topological polar surface area (TPSA) is 70.7 Å². The highest BCUT2D eigenvalue weighted by Crippen LogP contribution is 2.21. The van der Waals surface area contributed by atoms with E-state index in [0.717, 1.165) is 0 Å². The van der Waals surface area contributed by atoms with Gasteiger partial charge in [0.25, 0.3) is 0 Å². The molecule has 2 amide bonds. The van der Waals surface area contributed by atoms with Gasteiger partial charge < -0.3 is 20.3 Å². The number of hydrogen-bond donors (Lipinski definition) is 2. The third kappa shape index (κ3) is 2.22. The van der Waals surface area contributed by atoms with Gasteiger partial charge in [-0.2, -0.15) is 0 Å². The lowest BCUT2D eigenvalue weighted by Crippen LogP contribution is -2.65. The molecule has 0 spiro atoms. The summed E-state index contributed by atoms with van der Waals surface area (Å²) in [6, 6.07) is -0.236. The Bertz CT molecular complexity index is 356. The second kappa shape index (κ2) is 4.85. The van der Waals surface area contributed by atoms with Crippen molar-refractivity contribution in [1.29, 1.82) is 0 Å². The van der Waals surface area contributed by atoms with E-state index in [1.165, 1.54) is 0 Å². The second-order valence-corrected chi connectivity index (χ2v) is 5.36. The van der Waals surface area contributed by atoms with E-state index < -0.39 is 5.54 Å². The Morgan fingerprint density at radius 2 is 2.22 bits per heavy atom. The maximum Gasteiger partial charge on any atom is 0.245 e. The van der Waals surface area contributed by atoms with E-state index >= 15 is 0 Å². The minimum atomic E-state index is -0.776. The standard InChI is InChI=1S/C12H21N3O3/c1-12(2)11(17)13-4-5-15(12)10(16)9-6-8(18-3)7-14-9/h8-9,14H,4-7H2,1-3H3,(H,13,17). The van der Waals surface area contributed by atoms with Crippen LogP contribution in [0.3, 0.4) is 0 Å². The van der Waals surface area contributed by atoms with Gasteiger partial charge in [-0.05, 0) is 20.3 Å². The molecule has 0 aromatic carbocycles. The fraction of sp³-hybridized carbons (Fsp3) is 0.833. The summed E-state index contributed by atoms with van der Waals surface area (Å²) in [6.07, 6.45) is 0.754. The minimum absolute atomic E-state index is 0.00519. The van der Waals surface area contributed by atoms with E-state index in [0.29, 0.717) is 26.1 Å². The molecule has 0 radical (unpaired) electrons. The summed E-state index contributed by atoms with van der Waals surface area (Å²) < 4.78 is 5.24. The first-order valence-electron chi connectivity index (χ1n) is 6.32. The molecule has 0 aromatic rings. The summed E-state index contributed by atoms with van der Waals surface area (Å²) in [5.41, 5.74) is -0.776. The van der Waals surface area contributed by atoms with Crippen LogP contribution in [-0.2, 0) is 14.3 Å². The molecule has 18 heavy (non-hydrogen) atoms. The zero-order valence-corrected chi connectivity index (χ0v) is 11.2. The van der Waals surface area contributed by atoms with Gasteiger partial charge in [-0.1, -0.05) is 0 Å². The Hall–Kier alpha value is -1.14. The van der Waals surface area contributed by atoms with Gasteiger partial charge in [0, 0.05) is 26.7 Å². The molecule has 6 heteroatoms. The Morgan fingerprint density at radius 1 is 1.50 bits per heavy atom. The zero-order valence-electron chi connectivity index (χ0n) is 11.2. The largest absolute Gasteiger partial charge is 0.380 e. The fourth-order valence-corrected chi connectivity index (χ4v) is 2.54. The smallest absolute Gasteiger partial charge is 0.245 e. The number of hydrogen-bond acceptors (Lipinski definition) is 4. The van der Waals surface area contributed by atoms with Gasteiger partial charge in [0.05, 0.1) is 12.1 Å². The summed E-state index contributed by atoms with van der Waals surface area (Å²) in [4.78, 5) is 25.9. The predicted molar refractivity (Wildman–Crippen MR) is 66.0 cm³/mol. The summed E-state index contributed by atoms with van der Waals surface area (Å²) in [5.74, 6) is -0.0993. The molecule has 0 saturated carbocycles. The van der Waals surface area contributed by atoms with Gasteiger partial charge in [0.1, 0.15) is 5.54 Å². The van der Waals surface area contributed by atoms with E-state index in [4.69, 9.17) is 4.74 Å². The highest BCUT2D eigenvalue weighted by Gasteiger charge is 2.43. The minimum Gasteiger partial charge on any atom is -0.380 e. The Kier molecular flexibility index (Phi) is 3.59. The van der Waals surface area contributed by atoms with Crippen molar-refractivity contribution in [2.24, 2.45) is 0 Å². The number of rotatable bonds is 2. The van der Waals surface area contributed by atoms with Crippen LogP contribution in [0.25, 0.3) is 0 Å². The molecule has 2 unspecified atom stereocenters. The van der Waals surface area contributed by atoms with E-state index in [2.05, 4.69) is 10.6 Å². The molecule has 2 aliphatic rings. The molecule has 102 valence electrons. The van der Waals surface area contributed by atoms with Crippen molar-refractivity contribution in [1.82, 2.24) is 15.5 Å². The predicted octanol–water partition coefficient (Wildman–Crippen LogP) is -0.900. The molecular formula is C12H21N3O3. The lowest BCUT2D eigenvalue weighted by molar-refractivity contribution is -0.150. The van der Waals surface area contributed by atoms with Crippen LogP contribution in [0, 0.1) is 0 Å². The van der Waals surface area contributed by atoms with Gasteiger partial charge >= 0.3 is 0 Å². The average molecular weight is 255 g/mol. The van der Waals surface area contributed by atoms with E-state index in [1.807, 2.05) is 0 Å².